The molecule has 1 aliphatic heterocycles. The maximum absolute atomic E-state index is 12.4. The van der Waals surface area contributed by atoms with Crippen LogP contribution in [0.5, 0.6) is 5.75 Å². The molecule has 22 heavy (non-hydrogen) atoms. The summed E-state index contributed by atoms with van der Waals surface area (Å²) >= 11 is 6.03. The van der Waals surface area contributed by atoms with E-state index in [2.05, 4.69) is 0 Å². The highest BCUT2D eigenvalue weighted by Gasteiger charge is 2.28. The normalized spacial score (nSPS) is 16.6. The Hall–Kier alpha value is -1.31. The van der Waals surface area contributed by atoms with Crippen LogP contribution in [0.1, 0.15) is 17.3 Å². The fourth-order valence-electron chi connectivity index (χ4n) is 2.33. The van der Waals surface area contributed by atoms with Gasteiger partial charge in [-0.05, 0) is 25.1 Å². The molecule has 0 radical (unpaired) electrons. The molecule has 0 atom stereocenters. The maximum atomic E-state index is 12.4. The van der Waals surface area contributed by atoms with Crippen LogP contribution in [-0.4, -0.2) is 62.6 Å². The molecule has 1 saturated heterocycles. The van der Waals surface area contributed by atoms with Crippen LogP contribution < -0.4 is 4.74 Å². The minimum atomic E-state index is -3.19. The summed E-state index contributed by atoms with van der Waals surface area (Å²) in [5.74, 6) is 0.435. The number of benzene rings is 1. The van der Waals surface area contributed by atoms with Crippen molar-refractivity contribution in [2.24, 2.45) is 0 Å². The zero-order chi connectivity index (χ0) is 16.3. The average molecular weight is 347 g/mol. The van der Waals surface area contributed by atoms with E-state index >= 15 is 0 Å². The minimum Gasteiger partial charge on any atom is -0.495 e. The van der Waals surface area contributed by atoms with Gasteiger partial charge >= 0.3 is 0 Å². The van der Waals surface area contributed by atoms with E-state index in [1.165, 1.54) is 11.4 Å². The van der Waals surface area contributed by atoms with E-state index in [-0.39, 0.29) is 11.7 Å². The van der Waals surface area contributed by atoms with Gasteiger partial charge in [-0.1, -0.05) is 11.6 Å². The Morgan fingerprint density at radius 2 is 1.91 bits per heavy atom. The second-order valence-corrected chi connectivity index (χ2v) is 7.61. The number of hydrogen-bond donors (Lipinski definition) is 0. The van der Waals surface area contributed by atoms with Crippen molar-refractivity contribution in [3.8, 4) is 5.75 Å². The van der Waals surface area contributed by atoms with Gasteiger partial charge < -0.3 is 9.64 Å². The van der Waals surface area contributed by atoms with Gasteiger partial charge in [0.2, 0.25) is 10.0 Å². The number of hydrogen-bond acceptors (Lipinski definition) is 4. The number of methoxy groups -OCH3 is 1. The largest absolute Gasteiger partial charge is 0.495 e. The number of amides is 1. The summed E-state index contributed by atoms with van der Waals surface area (Å²) in [6, 6.07) is 4.87. The molecule has 0 saturated carbocycles. The second-order valence-electron chi connectivity index (χ2n) is 4.94. The number of halogens is 1. The van der Waals surface area contributed by atoms with Crippen molar-refractivity contribution in [3.05, 3.63) is 28.8 Å². The molecular weight excluding hydrogens is 328 g/mol. The first-order chi connectivity index (χ1) is 10.4. The van der Waals surface area contributed by atoms with Crippen LogP contribution in [0.4, 0.5) is 0 Å². The van der Waals surface area contributed by atoms with E-state index in [0.717, 1.165) is 0 Å². The lowest BCUT2D eigenvalue weighted by molar-refractivity contribution is 0.0698. The van der Waals surface area contributed by atoms with Crippen molar-refractivity contribution in [1.29, 1.82) is 0 Å². The molecule has 1 aliphatic rings. The van der Waals surface area contributed by atoms with E-state index in [1.807, 2.05) is 0 Å². The third-order valence-electron chi connectivity index (χ3n) is 3.68. The lowest BCUT2D eigenvalue weighted by atomic mass is 10.1. The summed E-state index contributed by atoms with van der Waals surface area (Å²) in [6.45, 7) is 3.02. The fraction of sp³-hybridized carbons (Fsp3) is 0.500. The Morgan fingerprint density at radius 3 is 2.41 bits per heavy atom. The zero-order valence-electron chi connectivity index (χ0n) is 12.6. The first-order valence-electron chi connectivity index (χ1n) is 6.99. The second kappa shape index (κ2) is 6.85. The quantitative estimate of drug-likeness (QED) is 0.827. The van der Waals surface area contributed by atoms with E-state index in [0.29, 0.717) is 42.5 Å². The topological polar surface area (TPSA) is 66.9 Å². The molecule has 1 aromatic carbocycles. The molecule has 0 spiro atoms. The fourth-order valence-corrected chi connectivity index (χ4v) is 3.68. The van der Waals surface area contributed by atoms with Gasteiger partial charge in [0.25, 0.3) is 5.91 Å². The van der Waals surface area contributed by atoms with Crippen LogP contribution in [0.25, 0.3) is 0 Å². The summed E-state index contributed by atoms with van der Waals surface area (Å²) in [7, 11) is -1.68. The Balaban J connectivity index is 2.05. The number of sulfonamides is 1. The first kappa shape index (κ1) is 17.1. The molecule has 8 heteroatoms. The smallest absolute Gasteiger partial charge is 0.253 e. The van der Waals surface area contributed by atoms with Gasteiger partial charge in [-0.3, -0.25) is 4.79 Å². The van der Waals surface area contributed by atoms with Gasteiger partial charge in [0.1, 0.15) is 5.75 Å². The number of rotatable bonds is 4. The number of nitrogens with zero attached hydrogens (tertiary/aromatic N) is 2. The summed E-state index contributed by atoms with van der Waals surface area (Å²) < 4.78 is 30.1. The van der Waals surface area contributed by atoms with Crippen molar-refractivity contribution >= 4 is 27.5 Å². The Labute approximate surface area is 135 Å². The molecule has 1 amide bonds. The molecule has 2 rings (SSSR count). The Bertz CT molecular complexity index is 655. The van der Waals surface area contributed by atoms with Crippen molar-refractivity contribution in [2.75, 3.05) is 39.0 Å². The van der Waals surface area contributed by atoms with Crippen LogP contribution in [0.15, 0.2) is 18.2 Å². The van der Waals surface area contributed by atoms with Crippen LogP contribution in [0.3, 0.4) is 0 Å². The first-order valence-corrected chi connectivity index (χ1v) is 8.98. The van der Waals surface area contributed by atoms with Crippen LogP contribution in [-0.2, 0) is 10.0 Å². The van der Waals surface area contributed by atoms with Gasteiger partial charge in [0.15, 0.2) is 0 Å². The molecule has 0 unspecified atom stereocenters. The number of carbonyl (C=O) groups is 1. The highest BCUT2D eigenvalue weighted by Crippen LogP contribution is 2.25. The highest BCUT2D eigenvalue weighted by atomic mass is 35.5. The van der Waals surface area contributed by atoms with Gasteiger partial charge in [-0.2, -0.15) is 4.31 Å². The molecule has 6 nitrogen and oxygen atoms in total. The molecule has 1 heterocycles. The molecule has 0 bridgehead atoms. The number of ether oxygens (including phenoxy) is 1. The standard InChI is InChI=1S/C14H19ClN2O4S/c1-3-22(19,20)17-8-6-16(7-9-17)14(18)11-4-5-13(21-2)12(15)10-11/h4-5,10H,3,6-9H2,1-2H3. The summed E-state index contributed by atoms with van der Waals surface area (Å²) in [6.07, 6.45) is 0. The highest BCUT2D eigenvalue weighted by molar-refractivity contribution is 7.89. The van der Waals surface area contributed by atoms with E-state index in [1.54, 1.807) is 30.0 Å². The van der Waals surface area contributed by atoms with Crippen LogP contribution in [0, 0.1) is 0 Å². The van der Waals surface area contributed by atoms with Crippen LogP contribution >= 0.6 is 11.6 Å². The zero-order valence-corrected chi connectivity index (χ0v) is 14.2. The van der Waals surface area contributed by atoms with Gasteiger partial charge in [-0.25, -0.2) is 8.42 Å². The maximum Gasteiger partial charge on any atom is 0.253 e. The lowest BCUT2D eigenvalue weighted by Crippen LogP contribution is -2.50. The van der Waals surface area contributed by atoms with E-state index in [4.69, 9.17) is 16.3 Å². The summed E-state index contributed by atoms with van der Waals surface area (Å²) in [4.78, 5) is 14.1. The monoisotopic (exact) mass is 346 g/mol. The SMILES string of the molecule is CCS(=O)(=O)N1CCN(C(=O)c2ccc(OC)c(Cl)c2)CC1. The molecule has 0 aromatic heterocycles. The summed E-state index contributed by atoms with van der Waals surface area (Å²) in [5.41, 5.74) is 0.470. The number of piperazine rings is 1. The molecule has 0 N–H and O–H groups in total. The molecule has 122 valence electrons. The van der Waals surface area contributed by atoms with Crippen molar-refractivity contribution in [3.63, 3.8) is 0 Å². The average Bonchev–Trinajstić information content (AvgIpc) is 2.54. The van der Waals surface area contributed by atoms with Gasteiger partial charge in [0, 0.05) is 31.7 Å². The van der Waals surface area contributed by atoms with Crippen LogP contribution in [0.2, 0.25) is 5.02 Å². The van der Waals surface area contributed by atoms with E-state index in [9.17, 15) is 13.2 Å². The molecule has 0 aliphatic carbocycles. The van der Waals surface area contributed by atoms with Gasteiger partial charge in [0.05, 0.1) is 17.9 Å². The molecule has 1 fully saturated rings. The lowest BCUT2D eigenvalue weighted by Gasteiger charge is -2.33. The van der Waals surface area contributed by atoms with Gasteiger partial charge in [-0.15, -0.1) is 0 Å². The third-order valence-corrected chi connectivity index (χ3v) is 5.86. The Kier molecular flexibility index (Phi) is 5.31. The predicted molar refractivity (Wildman–Crippen MR) is 84.9 cm³/mol. The Morgan fingerprint density at radius 1 is 1.27 bits per heavy atom. The predicted octanol–water partition coefficient (Wildman–Crippen LogP) is 1.46. The van der Waals surface area contributed by atoms with E-state index < -0.39 is 10.0 Å². The van der Waals surface area contributed by atoms with Crippen molar-refractivity contribution < 1.29 is 17.9 Å². The third kappa shape index (κ3) is 3.53. The van der Waals surface area contributed by atoms with Crippen molar-refractivity contribution in [1.82, 2.24) is 9.21 Å². The van der Waals surface area contributed by atoms with Crippen molar-refractivity contribution in [2.45, 2.75) is 6.92 Å². The molecular formula is C14H19ClN2O4S. The summed E-state index contributed by atoms with van der Waals surface area (Å²) in [5, 5.41) is 0.376. The minimum absolute atomic E-state index is 0.0784. The number of carbonyl (C=O) groups excluding carboxylic acids is 1. The molecule has 1 aromatic rings.